The van der Waals surface area contributed by atoms with Crippen LogP contribution < -0.4 is 5.32 Å². The van der Waals surface area contributed by atoms with E-state index in [2.05, 4.69) is 17.4 Å². The number of anilines is 1. The lowest BCUT2D eigenvalue weighted by atomic mass is 9.88. The SMILES string of the molecule is O=[N+]([O-])c1cc(F)cc(NC2CCc3ccccc3C2)c1. The van der Waals surface area contributed by atoms with Crippen LogP contribution in [0.1, 0.15) is 17.5 Å². The predicted octanol–water partition coefficient (Wildman–Crippen LogP) is 3.70. The molecule has 0 radical (unpaired) electrons. The zero-order chi connectivity index (χ0) is 14.8. The van der Waals surface area contributed by atoms with E-state index in [1.54, 1.807) is 0 Å². The normalized spacial score (nSPS) is 17.1. The first-order valence-corrected chi connectivity index (χ1v) is 6.90. The quantitative estimate of drug-likeness (QED) is 0.691. The van der Waals surface area contributed by atoms with Gasteiger partial charge in [-0.05, 0) is 36.5 Å². The summed E-state index contributed by atoms with van der Waals surface area (Å²) in [5, 5.41) is 14.0. The van der Waals surface area contributed by atoms with Crippen molar-refractivity contribution in [3.63, 3.8) is 0 Å². The summed E-state index contributed by atoms with van der Waals surface area (Å²) in [7, 11) is 0. The number of aryl methyl sites for hydroxylation is 1. The summed E-state index contributed by atoms with van der Waals surface area (Å²) < 4.78 is 13.4. The molecule has 0 aliphatic heterocycles. The Labute approximate surface area is 121 Å². The van der Waals surface area contributed by atoms with Gasteiger partial charge in [-0.2, -0.15) is 0 Å². The van der Waals surface area contributed by atoms with Gasteiger partial charge in [0.2, 0.25) is 0 Å². The molecule has 0 heterocycles. The molecular formula is C16H15FN2O2. The molecule has 2 aromatic rings. The average Bonchev–Trinajstić information content (AvgIpc) is 2.46. The fourth-order valence-corrected chi connectivity index (χ4v) is 2.82. The summed E-state index contributed by atoms with van der Waals surface area (Å²) in [6.45, 7) is 0. The zero-order valence-corrected chi connectivity index (χ0v) is 11.4. The van der Waals surface area contributed by atoms with Crippen molar-refractivity contribution in [1.82, 2.24) is 0 Å². The van der Waals surface area contributed by atoms with Crippen LogP contribution in [0, 0.1) is 15.9 Å². The molecule has 0 saturated carbocycles. The van der Waals surface area contributed by atoms with Gasteiger partial charge in [-0.25, -0.2) is 4.39 Å². The minimum Gasteiger partial charge on any atom is -0.382 e. The van der Waals surface area contributed by atoms with Gasteiger partial charge >= 0.3 is 0 Å². The van der Waals surface area contributed by atoms with Crippen LogP contribution in [0.15, 0.2) is 42.5 Å². The summed E-state index contributed by atoms with van der Waals surface area (Å²) in [6, 6.07) is 12.0. The Morgan fingerprint density at radius 2 is 1.95 bits per heavy atom. The van der Waals surface area contributed by atoms with Crippen molar-refractivity contribution in [2.45, 2.75) is 25.3 Å². The van der Waals surface area contributed by atoms with Crippen LogP contribution in [-0.4, -0.2) is 11.0 Å². The van der Waals surface area contributed by atoms with Crippen LogP contribution in [0.2, 0.25) is 0 Å². The summed E-state index contributed by atoms with van der Waals surface area (Å²) in [6.07, 6.45) is 2.74. The van der Waals surface area contributed by atoms with E-state index in [1.165, 1.54) is 23.3 Å². The number of halogens is 1. The predicted molar refractivity (Wildman–Crippen MR) is 78.9 cm³/mol. The number of nitro benzene ring substituents is 1. The van der Waals surface area contributed by atoms with Gasteiger partial charge in [0.15, 0.2) is 0 Å². The van der Waals surface area contributed by atoms with E-state index < -0.39 is 10.7 Å². The minimum atomic E-state index is -0.595. The molecule has 0 spiro atoms. The second-order valence-electron chi connectivity index (χ2n) is 5.31. The molecule has 1 unspecified atom stereocenters. The molecule has 1 N–H and O–H groups in total. The topological polar surface area (TPSA) is 55.2 Å². The van der Waals surface area contributed by atoms with E-state index in [0.717, 1.165) is 25.3 Å². The van der Waals surface area contributed by atoms with Gasteiger partial charge in [0, 0.05) is 17.8 Å². The zero-order valence-electron chi connectivity index (χ0n) is 11.4. The molecule has 1 atom stereocenters. The molecule has 1 aliphatic rings. The third-order valence-corrected chi connectivity index (χ3v) is 3.81. The Kier molecular flexibility index (Phi) is 3.56. The van der Waals surface area contributed by atoms with Gasteiger partial charge < -0.3 is 5.32 Å². The van der Waals surface area contributed by atoms with Crippen molar-refractivity contribution < 1.29 is 9.31 Å². The van der Waals surface area contributed by atoms with Gasteiger partial charge in [-0.3, -0.25) is 10.1 Å². The second kappa shape index (κ2) is 5.52. The maximum absolute atomic E-state index is 13.4. The number of nitro groups is 1. The third-order valence-electron chi connectivity index (χ3n) is 3.81. The molecule has 3 rings (SSSR count). The number of nitrogens with one attached hydrogen (secondary N) is 1. The number of hydrogen-bond donors (Lipinski definition) is 1. The van der Waals surface area contributed by atoms with E-state index in [9.17, 15) is 14.5 Å². The molecule has 5 heteroatoms. The largest absolute Gasteiger partial charge is 0.382 e. The number of fused-ring (bicyclic) bond motifs is 1. The Morgan fingerprint density at radius 1 is 1.19 bits per heavy atom. The van der Waals surface area contributed by atoms with Crippen LogP contribution in [0.5, 0.6) is 0 Å². The lowest BCUT2D eigenvalue weighted by molar-refractivity contribution is -0.385. The summed E-state index contributed by atoms with van der Waals surface area (Å²) >= 11 is 0. The van der Waals surface area contributed by atoms with Gasteiger partial charge in [-0.15, -0.1) is 0 Å². The molecule has 0 aromatic heterocycles. The number of hydrogen-bond acceptors (Lipinski definition) is 3. The second-order valence-corrected chi connectivity index (χ2v) is 5.31. The lowest BCUT2D eigenvalue weighted by Crippen LogP contribution is -2.27. The molecule has 1 aliphatic carbocycles. The average molecular weight is 286 g/mol. The molecule has 0 bridgehead atoms. The fraction of sp³-hybridized carbons (Fsp3) is 0.250. The summed E-state index contributed by atoms with van der Waals surface area (Å²) in [5.74, 6) is -0.595. The summed E-state index contributed by atoms with van der Waals surface area (Å²) in [4.78, 5) is 10.2. The Bertz CT molecular complexity index is 688. The highest BCUT2D eigenvalue weighted by Crippen LogP contribution is 2.26. The maximum atomic E-state index is 13.4. The molecule has 2 aromatic carbocycles. The summed E-state index contributed by atoms with van der Waals surface area (Å²) in [5.41, 5.74) is 2.87. The van der Waals surface area contributed by atoms with Crippen LogP contribution in [-0.2, 0) is 12.8 Å². The van der Waals surface area contributed by atoms with Gasteiger partial charge in [0.25, 0.3) is 5.69 Å². The molecule has 0 fully saturated rings. The Morgan fingerprint density at radius 3 is 2.71 bits per heavy atom. The van der Waals surface area contributed by atoms with Crippen molar-refractivity contribution in [1.29, 1.82) is 0 Å². The highest BCUT2D eigenvalue weighted by Gasteiger charge is 2.19. The van der Waals surface area contributed by atoms with Crippen LogP contribution in [0.4, 0.5) is 15.8 Å². The van der Waals surface area contributed by atoms with E-state index in [4.69, 9.17) is 0 Å². The monoisotopic (exact) mass is 286 g/mol. The standard InChI is InChI=1S/C16H15FN2O2/c17-13-8-15(10-16(9-13)19(20)21)18-14-6-5-11-3-1-2-4-12(11)7-14/h1-4,8-10,14,18H,5-7H2. The first-order chi connectivity index (χ1) is 10.1. The number of non-ortho nitro benzene ring substituents is 1. The highest BCUT2D eigenvalue weighted by molar-refractivity contribution is 5.52. The van der Waals surface area contributed by atoms with Crippen molar-refractivity contribution in [3.8, 4) is 0 Å². The number of nitrogens with zero attached hydrogens (tertiary/aromatic N) is 1. The molecular weight excluding hydrogens is 271 g/mol. The Hall–Kier alpha value is -2.43. The molecule has 21 heavy (non-hydrogen) atoms. The van der Waals surface area contributed by atoms with E-state index >= 15 is 0 Å². The number of benzene rings is 2. The van der Waals surface area contributed by atoms with Crippen molar-refractivity contribution >= 4 is 11.4 Å². The van der Waals surface area contributed by atoms with E-state index in [1.807, 2.05) is 12.1 Å². The Balaban J connectivity index is 1.78. The van der Waals surface area contributed by atoms with E-state index in [0.29, 0.717) is 5.69 Å². The van der Waals surface area contributed by atoms with Gasteiger partial charge in [0.1, 0.15) is 5.82 Å². The molecule has 4 nitrogen and oxygen atoms in total. The van der Waals surface area contributed by atoms with Gasteiger partial charge in [-0.1, -0.05) is 24.3 Å². The third kappa shape index (κ3) is 3.02. The minimum absolute atomic E-state index is 0.168. The number of rotatable bonds is 3. The molecule has 0 saturated heterocycles. The van der Waals surface area contributed by atoms with E-state index in [-0.39, 0.29) is 11.7 Å². The van der Waals surface area contributed by atoms with Crippen molar-refractivity contribution in [2.75, 3.05) is 5.32 Å². The molecule has 0 amide bonds. The van der Waals surface area contributed by atoms with Crippen LogP contribution in [0.3, 0.4) is 0 Å². The fourth-order valence-electron chi connectivity index (χ4n) is 2.82. The lowest BCUT2D eigenvalue weighted by Gasteiger charge is -2.26. The maximum Gasteiger partial charge on any atom is 0.274 e. The van der Waals surface area contributed by atoms with Crippen LogP contribution >= 0.6 is 0 Å². The van der Waals surface area contributed by atoms with Crippen molar-refractivity contribution in [2.24, 2.45) is 0 Å². The molecule has 108 valence electrons. The van der Waals surface area contributed by atoms with Gasteiger partial charge in [0.05, 0.1) is 11.0 Å². The smallest absolute Gasteiger partial charge is 0.274 e. The first-order valence-electron chi connectivity index (χ1n) is 6.90. The highest BCUT2D eigenvalue weighted by atomic mass is 19.1. The van der Waals surface area contributed by atoms with Crippen molar-refractivity contribution in [3.05, 3.63) is 69.5 Å². The first kappa shape index (κ1) is 13.5. The van der Waals surface area contributed by atoms with Crippen LogP contribution in [0.25, 0.3) is 0 Å².